The normalized spacial score (nSPS) is 11.9. The van der Waals surface area contributed by atoms with Crippen molar-refractivity contribution >= 4 is 0 Å². The van der Waals surface area contributed by atoms with E-state index in [0.29, 0.717) is 0 Å². The van der Waals surface area contributed by atoms with E-state index in [4.69, 9.17) is 4.42 Å². The number of hydrogen-bond acceptors (Lipinski definition) is 2. The van der Waals surface area contributed by atoms with Gasteiger partial charge >= 0.3 is 0 Å². The highest BCUT2D eigenvalue weighted by atomic mass is 16.3. The van der Waals surface area contributed by atoms with Crippen molar-refractivity contribution in [2.24, 2.45) is 0 Å². The van der Waals surface area contributed by atoms with Gasteiger partial charge in [0.05, 0.1) is 11.8 Å². The smallest absolute Gasteiger partial charge is 0.123 e. The van der Waals surface area contributed by atoms with Crippen LogP contribution in [0.4, 0.5) is 0 Å². The summed E-state index contributed by atoms with van der Waals surface area (Å²) in [5.41, 5.74) is -0.0521. The van der Waals surface area contributed by atoms with Crippen LogP contribution in [0, 0.1) is 0 Å². The number of nitrogens with one attached hydrogen (secondary N) is 1. The van der Waals surface area contributed by atoms with Gasteiger partial charge in [-0.15, -0.1) is 0 Å². The quantitative estimate of drug-likeness (QED) is 0.675. The van der Waals surface area contributed by atoms with Gasteiger partial charge in [-0.3, -0.25) is 0 Å². The zero-order valence-corrected chi connectivity index (χ0v) is 6.64. The molecule has 0 fully saturated rings. The van der Waals surface area contributed by atoms with Gasteiger partial charge in [0.2, 0.25) is 0 Å². The van der Waals surface area contributed by atoms with E-state index in [2.05, 4.69) is 19.2 Å². The Bertz CT molecular complexity index is 189. The molecule has 0 atom stereocenters. The van der Waals surface area contributed by atoms with Gasteiger partial charge in [-0.25, -0.2) is 0 Å². The first-order chi connectivity index (χ1) is 4.67. The Morgan fingerprint density at radius 3 is 2.60 bits per heavy atom. The SMILES string of the molecule is CNC(C)(C)c1ccco1. The first-order valence-electron chi connectivity index (χ1n) is 3.40. The number of hydrogen-bond donors (Lipinski definition) is 1. The molecule has 1 aromatic heterocycles. The van der Waals surface area contributed by atoms with Crippen molar-refractivity contribution in [2.75, 3.05) is 7.05 Å². The second-order valence-corrected chi connectivity index (χ2v) is 2.85. The predicted molar refractivity (Wildman–Crippen MR) is 40.8 cm³/mol. The molecular formula is C8H13NO. The van der Waals surface area contributed by atoms with E-state index in [1.807, 2.05) is 19.2 Å². The Morgan fingerprint density at radius 1 is 1.50 bits per heavy atom. The zero-order chi connectivity index (χ0) is 7.61. The Morgan fingerprint density at radius 2 is 2.20 bits per heavy atom. The summed E-state index contributed by atoms with van der Waals surface area (Å²) in [6.07, 6.45) is 1.69. The van der Waals surface area contributed by atoms with Crippen LogP contribution in [0.2, 0.25) is 0 Å². The van der Waals surface area contributed by atoms with Crippen molar-refractivity contribution in [3.63, 3.8) is 0 Å². The molecule has 10 heavy (non-hydrogen) atoms. The summed E-state index contributed by atoms with van der Waals surface area (Å²) in [4.78, 5) is 0. The third-order valence-electron chi connectivity index (χ3n) is 1.76. The third-order valence-corrected chi connectivity index (χ3v) is 1.76. The first-order valence-corrected chi connectivity index (χ1v) is 3.40. The lowest BCUT2D eigenvalue weighted by molar-refractivity contribution is 0.342. The van der Waals surface area contributed by atoms with Crippen LogP contribution in [0.3, 0.4) is 0 Å². The van der Waals surface area contributed by atoms with Gasteiger partial charge in [0.15, 0.2) is 0 Å². The summed E-state index contributed by atoms with van der Waals surface area (Å²) in [7, 11) is 1.92. The lowest BCUT2D eigenvalue weighted by Crippen LogP contribution is -2.32. The molecule has 0 aliphatic carbocycles. The maximum absolute atomic E-state index is 5.23. The van der Waals surface area contributed by atoms with E-state index in [-0.39, 0.29) is 5.54 Å². The molecule has 0 spiro atoms. The van der Waals surface area contributed by atoms with Crippen LogP contribution in [-0.2, 0) is 5.54 Å². The summed E-state index contributed by atoms with van der Waals surface area (Å²) >= 11 is 0. The van der Waals surface area contributed by atoms with Gasteiger partial charge in [0, 0.05) is 0 Å². The minimum Gasteiger partial charge on any atom is -0.467 e. The molecule has 1 rings (SSSR count). The third kappa shape index (κ3) is 1.21. The van der Waals surface area contributed by atoms with Gasteiger partial charge in [-0.05, 0) is 33.0 Å². The van der Waals surface area contributed by atoms with Gasteiger partial charge in [0.1, 0.15) is 5.76 Å². The minimum absolute atomic E-state index is 0.0521. The van der Waals surface area contributed by atoms with Gasteiger partial charge in [-0.2, -0.15) is 0 Å². The molecule has 2 heteroatoms. The van der Waals surface area contributed by atoms with Crippen LogP contribution in [0.25, 0.3) is 0 Å². The summed E-state index contributed by atoms with van der Waals surface area (Å²) in [5, 5.41) is 3.15. The summed E-state index contributed by atoms with van der Waals surface area (Å²) in [6.45, 7) is 4.15. The molecule has 0 amide bonds. The summed E-state index contributed by atoms with van der Waals surface area (Å²) in [6, 6.07) is 3.87. The first kappa shape index (κ1) is 7.35. The van der Waals surface area contributed by atoms with Crippen LogP contribution < -0.4 is 5.32 Å². The average Bonchev–Trinajstić information content (AvgIpc) is 2.38. The zero-order valence-electron chi connectivity index (χ0n) is 6.64. The Hall–Kier alpha value is -0.760. The second kappa shape index (κ2) is 2.46. The van der Waals surface area contributed by atoms with Crippen LogP contribution in [-0.4, -0.2) is 7.05 Å². The number of furan rings is 1. The van der Waals surface area contributed by atoms with Crippen molar-refractivity contribution in [1.82, 2.24) is 5.32 Å². The van der Waals surface area contributed by atoms with Gasteiger partial charge < -0.3 is 9.73 Å². The van der Waals surface area contributed by atoms with Crippen LogP contribution in [0.1, 0.15) is 19.6 Å². The summed E-state index contributed by atoms with van der Waals surface area (Å²) < 4.78 is 5.23. The molecule has 0 aromatic carbocycles. The molecule has 1 N–H and O–H groups in total. The molecule has 56 valence electrons. The van der Waals surface area contributed by atoms with E-state index < -0.39 is 0 Å². The van der Waals surface area contributed by atoms with Crippen molar-refractivity contribution in [3.05, 3.63) is 24.2 Å². The highest BCUT2D eigenvalue weighted by Crippen LogP contribution is 2.18. The molecule has 0 aliphatic rings. The Kier molecular flexibility index (Phi) is 1.81. The number of rotatable bonds is 2. The fourth-order valence-electron chi connectivity index (χ4n) is 0.757. The maximum atomic E-state index is 5.23. The average molecular weight is 139 g/mol. The second-order valence-electron chi connectivity index (χ2n) is 2.85. The van der Waals surface area contributed by atoms with E-state index in [1.54, 1.807) is 6.26 Å². The van der Waals surface area contributed by atoms with E-state index in [1.165, 1.54) is 0 Å². The van der Waals surface area contributed by atoms with Crippen molar-refractivity contribution in [2.45, 2.75) is 19.4 Å². The molecule has 0 unspecified atom stereocenters. The molecule has 1 heterocycles. The molecule has 0 bridgehead atoms. The molecule has 2 nitrogen and oxygen atoms in total. The monoisotopic (exact) mass is 139 g/mol. The maximum Gasteiger partial charge on any atom is 0.123 e. The molecular weight excluding hydrogens is 126 g/mol. The molecule has 0 saturated carbocycles. The topological polar surface area (TPSA) is 25.2 Å². The van der Waals surface area contributed by atoms with Crippen molar-refractivity contribution in [3.8, 4) is 0 Å². The van der Waals surface area contributed by atoms with Crippen molar-refractivity contribution < 1.29 is 4.42 Å². The van der Waals surface area contributed by atoms with E-state index in [0.717, 1.165) is 5.76 Å². The van der Waals surface area contributed by atoms with Crippen molar-refractivity contribution in [1.29, 1.82) is 0 Å². The van der Waals surface area contributed by atoms with Crippen LogP contribution in [0.5, 0.6) is 0 Å². The van der Waals surface area contributed by atoms with Gasteiger partial charge in [-0.1, -0.05) is 0 Å². The van der Waals surface area contributed by atoms with Gasteiger partial charge in [0.25, 0.3) is 0 Å². The largest absolute Gasteiger partial charge is 0.467 e. The highest BCUT2D eigenvalue weighted by molar-refractivity contribution is 5.08. The lowest BCUT2D eigenvalue weighted by Gasteiger charge is -2.20. The molecule has 0 aliphatic heterocycles. The standard InChI is InChI=1S/C8H13NO/c1-8(2,9-3)7-5-4-6-10-7/h4-6,9H,1-3H3. The fraction of sp³-hybridized carbons (Fsp3) is 0.500. The van der Waals surface area contributed by atoms with E-state index in [9.17, 15) is 0 Å². The van der Waals surface area contributed by atoms with E-state index >= 15 is 0 Å². The lowest BCUT2D eigenvalue weighted by atomic mass is 10.0. The molecule has 0 radical (unpaired) electrons. The van der Waals surface area contributed by atoms with Crippen LogP contribution in [0.15, 0.2) is 22.8 Å². The minimum atomic E-state index is -0.0521. The summed E-state index contributed by atoms with van der Waals surface area (Å²) in [5.74, 6) is 0.968. The predicted octanol–water partition coefficient (Wildman–Crippen LogP) is 1.73. The molecule has 0 saturated heterocycles. The fourth-order valence-corrected chi connectivity index (χ4v) is 0.757. The highest BCUT2D eigenvalue weighted by Gasteiger charge is 2.19. The Labute approximate surface area is 61.2 Å². The molecule has 1 aromatic rings. The Balaban J connectivity index is 2.85. The van der Waals surface area contributed by atoms with Crippen LogP contribution >= 0.6 is 0 Å².